The lowest BCUT2D eigenvalue weighted by Gasteiger charge is -2.35. The fraction of sp³-hybridized carbons (Fsp3) is 0.0500. The molecule has 54 heavy (non-hydrogen) atoms. The van der Waals surface area contributed by atoms with Crippen molar-refractivity contribution in [3.8, 4) is 35.1 Å². The molecule has 14 nitrogen and oxygen atoms in total. The standard InChI is InChI=1S/C40H30N8O6/c41-22-27-14-16-33(35(49)20-27)47(39(51)45-31-10-1-3-12-37(31)53-25-29-8-7-18-43-24-29)48(34-17-15-28(23-42)21-36(34)50)40(52)46-32-11-2-4-13-38(32)54-26-30-9-5-6-19-44-30/h1-21,24,49-50H,25-26H2,(H,45,51)(H,46,52). The molecular weight excluding hydrogens is 688 g/mol. The predicted octanol–water partition coefficient (Wildman–Crippen LogP) is 7.48. The van der Waals surface area contributed by atoms with Crippen LogP contribution < -0.4 is 30.1 Å². The van der Waals surface area contributed by atoms with E-state index in [4.69, 9.17) is 9.47 Å². The Hall–Kier alpha value is -8.10. The highest BCUT2D eigenvalue weighted by Gasteiger charge is 2.34. The van der Waals surface area contributed by atoms with Crippen molar-refractivity contribution in [2.75, 3.05) is 20.7 Å². The summed E-state index contributed by atoms with van der Waals surface area (Å²) in [5.41, 5.74) is 1.43. The van der Waals surface area contributed by atoms with E-state index in [1.165, 1.54) is 24.3 Å². The van der Waals surface area contributed by atoms with Crippen LogP contribution in [-0.4, -0.2) is 32.2 Å². The van der Waals surface area contributed by atoms with Crippen molar-refractivity contribution < 1.29 is 29.3 Å². The minimum absolute atomic E-state index is 0.0711. The van der Waals surface area contributed by atoms with Gasteiger partial charge in [-0.2, -0.15) is 20.5 Å². The Morgan fingerprint density at radius 2 is 1.19 bits per heavy atom. The Balaban J connectivity index is 1.41. The number of ether oxygens (including phenoxy) is 2. The molecule has 0 atom stereocenters. The molecule has 6 aromatic rings. The largest absolute Gasteiger partial charge is 0.506 e. The highest BCUT2D eigenvalue weighted by atomic mass is 16.5. The fourth-order valence-corrected chi connectivity index (χ4v) is 5.17. The number of hydrogen-bond donors (Lipinski definition) is 4. The van der Waals surface area contributed by atoms with Crippen LogP contribution in [0.2, 0.25) is 0 Å². The number of carbonyl (C=O) groups is 2. The van der Waals surface area contributed by atoms with Gasteiger partial charge in [-0.25, -0.2) is 9.59 Å². The van der Waals surface area contributed by atoms with Crippen molar-refractivity contribution in [3.05, 3.63) is 156 Å². The monoisotopic (exact) mass is 718 g/mol. The lowest BCUT2D eigenvalue weighted by Crippen LogP contribution is -2.54. The average molecular weight is 719 g/mol. The van der Waals surface area contributed by atoms with Crippen LogP contribution in [0.25, 0.3) is 0 Å². The summed E-state index contributed by atoms with van der Waals surface area (Å²) >= 11 is 0. The maximum absolute atomic E-state index is 14.6. The van der Waals surface area contributed by atoms with Crippen LogP contribution in [0, 0.1) is 22.7 Å². The summed E-state index contributed by atoms with van der Waals surface area (Å²) in [7, 11) is 0. The summed E-state index contributed by atoms with van der Waals surface area (Å²) in [6, 6.07) is 31.4. The molecule has 4 amide bonds. The van der Waals surface area contributed by atoms with Gasteiger partial charge in [-0.3, -0.25) is 9.97 Å². The second-order valence-electron chi connectivity index (χ2n) is 11.4. The zero-order valence-corrected chi connectivity index (χ0v) is 28.3. The first-order valence-electron chi connectivity index (χ1n) is 16.3. The Labute approximate surface area is 309 Å². The summed E-state index contributed by atoms with van der Waals surface area (Å²) in [6.45, 7) is 0.195. The van der Waals surface area contributed by atoms with Crippen LogP contribution >= 0.6 is 0 Å². The third-order valence-electron chi connectivity index (χ3n) is 7.73. The minimum atomic E-state index is -0.996. The van der Waals surface area contributed by atoms with Crippen LogP contribution in [-0.2, 0) is 13.2 Å². The van der Waals surface area contributed by atoms with Gasteiger partial charge in [0, 0.05) is 24.2 Å². The molecule has 0 saturated heterocycles. The minimum Gasteiger partial charge on any atom is -0.506 e. The molecule has 0 fully saturated rings. The summed E-state index contributed by atoms with van der Waals surface area (Å²) in [5, 5.41) is 48.5. The number of benzene rings is 4. The summed E-state index contributed by atoms with van der Waals surface area (Å²) in [4.78, 5) is 37.5. The molecule has 0 bridgehead atoms. The van der Waals surface area contributed by atoms with Crippen molar-refractivity contribution >= 4 is 34.8 Å². The van der Waals surface area contributed by atoms with Crippen molar-refractivity contribution in [3.63, 3.8) is 0 Å². The molecule has 0 aliphatic rings. The molecule has 266 valence electrons. The number of aromatic hydroxyl groups is 2. The van der Waals surface area contributed by atoms with E-state index in [2.05, 4.69) is 20.6 Å². The van der Waals surface area contributed by atoms with Crippen molar-refractivity contribution in [2.24, 2.45) is 0 Å². The van der Waals surface area contributed by atoms with Gasteiger partial charge < -0.3 is 30.3 Å². The maximum atomic E-state index is 14.6. The SMILES string of the molecule is N#Cc1ccc(N(C(=O)Nc2ccccc2OCc2cccnc2)N(C(=O)Nc2ccccc2OCc2ccccn2)c2ccc(C#N)cc2O)c(O)c1. The number of phenolic OH excluding ortho intramolecular Hbond substituents is 2. The number of pyridine rings is 2. The summed E-state index contributed by atoms with van der Waals surface area (Å²) in [5.74, 6) is -0.558. The molecule has 0 aliphatic carbocycles. The number of anilines is 4. The number of nitrogens with one attached hydrogen (secondary N) is 2. The van der Waals surface area contributed by atoms with Gasteiger partial charge in [0.1, 0.15) is 47.6 Å². The van der Waals surface area contributed by atoms with E-state index in [0.29, 0.717) is 5.69 Å². The molecule has 0 saturated carbocycles. The van der Waals surface area contributed by atoms with Crippen LogP contribution in [0.1, 0.15) is 22.4 Å². The molecule has 0 unspecified atom stereocenters. The number of rotatable bonds is 10. The topological polar surface area (TPSA) is 197 Å². The number of nitriles is 2. The van der Waals surface area contributed by atoms with E-state index >= 15 is 0 Å². The van der Waals surface area contributed by atoms with Crippen LogP contribution in [0.15, 0.2) is 134 Å². The Bertz CT molecular complexity index is 2200. The molecule has 0 spiro atoms. The zero-order valence-electron chi connectivity index (χ0n) is 28.3. The highest BCUT2D eigenvalue weighted by Crippen LogP contribution is 2.38. The van der Waals surface area contributed by atoms with Crippen LogP contribution in [0.4, 0.5) is 32.3 Å². The molecule has 6 rings (SSSR count). The predicted molar refractivity (Wildman–Crippen MR) is 199 cm³/mol. The Morgan fingerprint density at radius 3 is 1.67 bits per heavy atom. The molecule has 14 heteroatoms. The molecule has 0 radical (unpaired) electrons. The lowest BCUT2D eigenvalue weighted by atomic mass is 10.2. The Kier molecular flexibility index (Phi) is 11.1. The highest BCUT2D eigenvalue weighted by molar-refractivity contribution is 6.14. The first-order valence-corrected chi connectivity index (χ1v) is 16.3. The van der Waals surface area contributed by atoms with E-state index in [-0.39, 0.29) is 58.6 Å². The molecule has 2 aromatic heterocycles. The van der Waals surface area contributed by atoms with E-state index < -0.39 is 23.6 Å². The fourth-order valence-electron chi connectivity index (χ4n) is 5.17. The van der Waals surface area contributed by atoms with Gasteiger partial charge in [0.05, 0.1) is 40.3 Å². The smallest absolute Gasteiger partial charge is 0.346 e. The van der Waals surface area contributed by atoms with Gasteiger partial charge in [-0.15, -0.1) is 0 Å². The second kappa shape index (κ2) is 16.7. The normalized spacial score (nSPS) is 10.3. The van der Waals surface area contributed by atoms with E-state index in [1.807, 2.05) is 24.3 Å². The number of para-hydroxylation sites is 4. The molecular formula is C40H30N8O6. The molecule has 4 N–H and O–H groups in total. The number of phenols is 2. The number of hydrazine groups is 1. The van der Waals surface area contributed by atoms with Crippen LogP contribution in [0.5, 0.6) is 23.0 Å². The first-order chi connectivity index (χ1) is 26.3. The number of urea groups is 2. The first kappa shape index (κ1) is 35.7. The molecule has 0 aliphatic heterocycles. The number of hydrogen-bond acceptors (Lipinski definition) is 10. The third kappa shape index (κ3) is 8.43. The van der Waals surface area contributed by atoms with Gasteiger partial charge in [-0.05, 0) is 78.9 Å². The zero-order chi connectivity index (χ0) is 37.9. The quantitative estimate of drug-likeness (QED) is 0.103. The van der Waals surface area contributed by atoms with Gasteiger partial charge in [0.15, 0.2) is 0 Å². The average Bonchev–Trinajstić information content (AvgIpc) is 3.20. The number of nitrogens with zero attached hydrogens (tertiary/aromatic N) is 6. The van der Waals surface area contributed by atoms with E-state index in [0.717, 1.165) is 27.7 Å². The third-order valence-corrected chi connectivity index (χ3v) is 7.73. The van der Waals surface area contributed by atoms with E-state index in [9.17, 15) is 30.3 Å². The molecule has 4 aromatic carbocycles. The van der Waals surface area contributed by atoms with Crippen molar-refractivity contribution in [2.45, 2.75) is 13.2 Å². The lowest BCUT2D eigenvalue weighted by molar-refractivity contribution is 0.247. The number of aromatic nitrogens is 2. The van der Waals surface area contributed by atoms with Gasteiger partial charge in [-0.1, -0.05) is 36.4 Å². The number of carbonyl (C=O) groups excluding carboxylic acids is 2. The van der Waals surface area contributed by atoms with Crippen molar-refractivity contribution in [1.29, 1.82) is 10.5 Å². The van der Waals surface area contributed by atoms with Crippen molar-refractivity contribution in [1.82, 2.24) is 9.97 Å². The number of amides is 4. The maximum Gasteiger partial charge on any atom is 0.346 e. The summed E-state index contributed by atoms with van der Waals surface area (Å²) in [6.07, 6.45) is 4.89. The van der Waals surface area contributed by atoms with E-state index in [1.54, 1.807) is 85.3 Å². The Morgan fingerprint density at radius 1 is 0.648 bits per heavy atom. The second-order valence-corrected chi connectivity index (χ2v) is 11.4. The van der Waals surface area contributed by atoms with Gasteiger partial charge >= 0.3 is 12.1 Å². The molecule has 2 heterocycles. The van der Waals surface area contributed by atoms with Crippen LogP contribution in [0.3, 0.4) is 0 Å². The van der Waals surface area contributed by atoms with Gasteiger partial charge in [0.25, 0.3) is 0 Å². The summed E-state index contributed by atoms with van der Waals surface area (Å²) < 4.78 is 12.0. The van der Waals surface area contributed by atoms with Gasteiger partial charge in [0.2, 0.25) is 0 Å².